The molecule has 0 atom stereocenters. The number of amides is 1. The van der Waals surface area contributed by atoms with E-state index in [2.05, 4.69) is 26.6 Å². The fraction of sp³-hybridized carbons (Fsp3) is 0.263. The van der Waals surface area contributed by atoms with Gasteiger partial charge in [0.1, 0.15) is 5.75 Å². The summed E-state index contributed by atoms with van der Waals surface area (Å²) < 4.78 is 6.33. The normalized spacial score (nSPS) is 10.2. The van der Waals surface area contributed by atoms with E-state index in [1.54, 1.807) is 18.2 Å². The van der Waals surface area contributed by atoms with Crippen molar-refractivity contribution in [2.24, 2.45) is 0 Å². The highest BCUT2D eigenvalue weighted by atomic mass is 79.9. The number of hydrogen-bond donors (Lipinski definition) is 2. The number of ether oxygens (including phenoxy) is 1. The Morgan fingerprint density at radius 2 is 1.88 bits per heavy atom. The number of aryl methyl sites for hydroxylation is 2. The highest BCUT2D eigenvalue weighted by Crippen LogP contribution is 2.26. The fourth-order valence-corrected chi connectivity index (χ4v) is 2.99. The zero-order valence-corrected chi connectivity index (χ0v) is 16.9. The predicted octanol–water partition coefficient (Wildman–Crippen LogP) is 4.98. The Hall–Kier alpha value is -1.92. The average molecular weight is 421 g/mol. The standard InChI is InChI=1S/C19H21BrN2O2S/c1-4-10-24-16-9-8-14(11-15(16)20)18(23)22-19(25)21-17-12(2)6-5-7-13(17)3/h5-9,11H,4,10H2,1-3H3,(H2,21,22,23,25). The van der Waals surface area contributed by atoms with E-state index in [-0.39, 0.29) is 11.0 Å². The largest absolute Gasteiger partial charge is 0.492 e. The molecule has 132 valence electrons. The molecule has 0 spiro atoms. The number of rotatable bonds is 5. The summed E-state index contributed by atoms with van der Waals surface area (Å²) in [6.45, 7) is 6.66. The minimum Gasteiger partial charge on any atom is -0.492 e. The Balaban J connectivity index is 2.04. The van der Waals surface area contributed by atoms with Gasteiger partial charge >= 0.3 is 0 Å². The molecule has 2 N–H and O–H groups in total. The van der Waals surface area contributed by atoms with Crippen LogP contribution in [0.2, 0.25) is 0 Å². The molecule has 2 aromatic carbocycles. The zero-order valence-electron chi connectivity index (χ0n) is 14.5. The molecule has 0 saturated carbocycles. The van der Waals surface area contributed by atoms with Gasteiger partial charge in [-0.2, -0.15) is 0 Å². The molecular formula is C19H21BrN2O2S. The summed E-state index contributed by atoms with van der Waals surface area (Å²) >= 11 is 8.70. The Kier molecular flexibility index (Phi) is 6.96. The first-order valence-electron chi connectivity index (χ1n) is 8.03. The van der Waals surface area contributed by atoms with Gasteiger partial charge in [-0.25, -0.2) is 0 Å². The van der Waals surface area contributed by atoms with Gasteiger partial charge in [0.2, 0.25) is 0 Å². The molecule has 0 aliphatic heterocycles. The van der Waals surface area contributed by atoms with Gasteiger partial charge in [-0.3, -0.25) is 10.1 Å². The van der Waals surface area contributed by atoms with Crippen molar-refractivity contribution in [1.29, 1.82) is 0 Å². The monoisotopic (exact) mass is 420 g/mol. The summed E-state index contributed by atoms with van der Waals surface area (Å²) in [5.41, 5.74) is 3.55. The maximum Gasteiger partial charge on any atom is 0.257 e. The lowest BCUT2D eigenvalue weighted by molar-refractivity contribution is 0.0977. The molecule has 0 heterocycles. The molecule has 4 nitrogen and oxygen atoms in total. The minimum atomic E-state index is -0.272. The van der Waals surface area contributed by atoms with Crippen LogP contribution < -0.4 is 15.4 Å². The third kappa shape index (κ3) is 5.28. The average Bonchev–Trinajstić information content (AvgIpc) is 2.57. The zero-order chi connectivity index (χ0) is 18.4. The number of halogens is 1. The lowest BCUT2D eigenvalue weighted by atomic mass is 10.1. The number of thiocarbonyl (C=S) groups is 1. The Labute approximate surface area is 162 Å². The topological polar surface area (TPSA) is 50.4 Å². The van der Waals surface area contributed by atoms with Crippen molar-refractivity contribution in [3.8, 4) is 5.75 Å². The van der Waals surface area contributed by atoms with Gasteiger partial charge in [-0.05, 0) is 77.7 Å². The van der Waals surface area contributed by atoms with Gasteiger partial charge in [0.05, 0.1) is 11.1 Å². The number of hydrogen-bond acceptors (Lipinski definition) is 3. The molecule has 0 bridgehead atoms. The predicted molar refractivity (Wildman–Crippen MR) is 110 cm³/mol. The third-order valence-electron chi connectivity index (χ3n) is 3.60. The van der Waals surface area contributed by atoms with Gasteiger partial charge in [-0.1, -0.05) is 25.1 Å². The second kappa shape index (κ2) is 8.97. The van der Waals surface area contributed by atoms with Crippen LogP contribution in [-0.4, -0.2) is 17.6 Å². The van der Waals surface area contributed by atoms with Crippen LogP contribution in [0, 0.1) is 13.8 Å². The summed E-state index contributed by atoms with van der Waals surface area (Å²) in [5.74, 6) is 0.445. The van der Waals surface area contributed by atoms with Crippen LogP contribution >= 0.6 is 28.1 Å². The van der Waals surface area contributed by atoms with Crippen LogP contribution in [0.3, 0.4) is 0 Å². The molecule has 0 unspecified atom stereocenters. The van der Waals surface area contributed by atoms with Crippen molar-refractivity contribution < 1.29 is 9.53 Å². The number of para-hydroxylation sites is 1. The molecule has 0 aliphatic carbocycles. The van der Waals surface area contributed by atoms with E-state index < -0.39 is 0 Å². The van der Waals surface area contributed by atoms with Crippen molar-refractivity contribution >= 4 is 44.9 Å². The molecular weight excluding hydrogens is 400 g/mol. The first-order chi connectivity index (χ1) is 11.9. The quantitative estimate of drug-likeness (QED) is 0.669. The number of carbonyl (C=O) groups is 1. The van der Waals surface area contributed by atoms with Gasteiger partial charge < -0.3 is 10.1 Å². The summed E-state index contributed by atoms with van der Waals surface area (Å²) in [6, 6.07) is 11.2. The molecule has 1 amide bonds. The lowest BCUT2D eigenvalue weighted by Crippen LogP contribution is -2.34. The van der Waals surface area contributed by atoms with Crippen molar-refractivity contribution in [3.05, 3.63) is 57.6 Å². The summed E-state index contributed by atoms with van der Waals surface area (Å²) in [7, 11) is 0. The highest BCUT2D eigenvalue weighted by Gasteiger charge is 2.12. The maximum atomic E-state index is 12.4. The molecule has 0 aliphatic rings. The van der Waals surface area contributed by atoms with Crippen LogP contribution in [0.5, 0.6) is 5.75 Å². The number of nitrogens with one attached hydrogen (secondary N) is 2. The van der Waals surface area contributed by atoms with Crippen molar-refractivity contribution in [2.45, 2.75) is 27.2 Å². The van der Waals surface area contributed by atoms with E-state index in [4.69, 9.17) is 17.0 Å². The SMILES string of the molecule is CCCOc1ccc(C(=O)NC(=S)Nc2c(C)cccc2C)cc1Br. The van der Waals surface area contributed by atoms with Gasteiger partial charge in [-0.15, -0.1) is 0 Å². The van der Waals surface area contributed by atoms with Crippen LogP contribution in [0.25, 0.3) is 0 Å². The first kappa shape index (κ1) is 19.4. The van der Waals surface area contributed by atoms with Gasteiger partial charge in [0.15, 0.2) is 5.11 Å². The second-order valence-electron chi connectivity index (χ2n) is 5.67. The third-order valence-corrected chi connectivity index (χ3v) is 4.43. The first-order valence-corrected chi connectivity index (χ1v) is 9.23. The summed E-state index contributed by atoms with van der Waals surface area (Å²) in [6.07, 6.45) is 0.924. The molecule has 0 radical (unpaired) electrons. The molecule has 2 rings (SSSR count). The smallest absolute Gasteiger partial charge is 0.257 e. The van der Waals surface area contributed by atoms with Crippen molar-refractivity contribution in [2.75, 3.05) is 11.9 Å². The van der Waals surface area contributed by atoms with E-state index in [9.17, 15) is 4.79 Å². The van der Waals surface area contributed by atoms with E-state index in [1.165, 1.54) is 0 Å². The van der Waals surface area contributed by atoms with E-state index >= 15 is 0 Å². The molecule has 6 heteroatoms. The van der Waals surface area contributed by atoms with Crippen LogP contribution in [0.4, 0.5) is 5.69 Å². The molecule has 25 heavy (non-hydrogen) atoms. The van der Waals surface area contributed by atoms with Crippen LogP contribution in [0.1, 0.15) is 34.8 Å². The maximum absolute atomic E-state index is 12.4. The Morgan fingerprint density at radius 3 is 2.48 bits per heavy atom. The Morgan fingerprint density at radius 1 is 1.20 bits per heavy atom. The minimum absolute atomic E-state index is 0.268. The number of anilines is 1. The molecule has 0 fully saturated rings. The van der Waals surface area contributed by atoms with Crippen molar-refractivity contribution in [1.82, 2.24) is 5.32 Å². The van der Waals surface area contributed by atoms with Crippen molar-refractivity contribution in [3.63, 3.8) is 0 Å². The number of carbonyl (C=O) groups excluding carboxylic acids is 1. The molecule has 0 aromatic heterocycles. The van der Waals surface area contributed by atoms with E-state index in [0.717, 1.165) is 33.5 Å². The van der Waals surface area contributed by atoms with Crippen LogP contribution in [-0.2, 0) is 0 Å². The molecule has 0 saturated heterocycles. The van der Waals surface area contributed by atoms with Gasteiger partial charge in [0.25, 0.3) is 5.91 Å². The van der Waals surface area contributed by atoms with Gasteiger partial charge in [0, 0.05) is 11.3 Å². The number of benzene rings is 2. The highest BCUT2D eigenvalue weighted by molar-refractivity contribution is 9.10. The van der Waals surface area contributed by atoms with Crippen LogP contribution in [0.15, 0.2) is 40.9 Å². The summed E-state index contributed by atoms with van der Waals surface area (Å²) in [5, 5.41) is 6.07. The van der Waals surface area contributed by atoms with E-state index in [1.807, 2.05) is 39.0 Å². The Bertz CT molecular complexity index is 773. The molecule has 2 aromatic rings. The summed E-state index contributed by atoms with van der Waals surface area (Å²) in [4.78, 5) is 12.4. The van der Waals surface area contributed by atoms with E-state index in [0.29, 0.717) is 12.2 Å². The lowest BCUT2D eigenvalue weighted by Gasteiger charge is -2.14. The second-order valence-corrected chi connectivity index (χ2v) is 6.93. The fourth-order valence-electron chi connectivity index (χ4n) is 2.30.